The molecule has 0 saturated carbocycles. The van der Waals surface area contributed by atoms with Crippen LogP contribution in [0.4, 0.5) is 0 Å². The standard InChI is InChI=1S/C11H13N/c1-2-6-10(7-3-1)11-8-4-5-9-12-11/h1-3,6-8,12H,4-5,9H2. The van der Waals surface area contributed by atoms with Crippen LogP contribution in [-0.2, 0) is 0 Å². The maximum atomic E-state index is 3.40. The SMILES string of the molecule is C1=C(c2ccccc2)NCCC1. The van der Waals surface area contributed by atoms with Gasteiger partial charge in [0, 0.05) is 12.2 Å². The molecule has 1 heteroatoms. The van der Waals surface area contributed by atoms with E-state index in [2.05, 4.69) is 35.7 Å². The van der Waals surface area contributed by atoms with Crippen molar-refractivity contribution in [3.63, 3.8) is 0 Å². The number of nitrogens with one attached hydrogen (secondary N) is 1. The third-order valence-electron chi connectivity index (χ3n) is 2.13. The van der Waals surface area contributed by atoms with Crippen molar-refractivity contribution >= 4 is 5.70 Å². The van der Waals surface area contributed by atoms with Gasteiger partial charge in [-0.15, -0.1) is 0 Å². The van der Waals surface area contributed by atoms with Gasteiger partial charge >= 0.3 is 0 Å². The zero-order valence-corrected chi connectivity index (χ0v) is 7.09. The fourth-order valence-corrected chi connectivity index (χ4v) is 1.48. The molecule has 0 radical (unpaired) electrons. The van der Waals surface area contributed by atoms with Crippen molar-refractivity contribution in [1.29, 1.82) is 0 Å². The van der Waals surface area contributed by atoms with Crippen LogP contribution in [0.1, 0.15) is 18.4 Å². The number of hydrogen-bond donors (Lipinski definition) is 1. The lowest BCUT2D eigenvalue weighted by Gasteiger charge is -2.15. The second kappa shape index (κ2) is 3.44. The summed E-state index contributed by atoms with van der Waals surface area (Å²) in [5.74, 6) is 0. The summed E-state index contributed by atoms with van der Waals surface area (Å²) in [5.41, 5.74) is 2.60. The summed E-state index contributed by atoms with van der Waals surface area (Å²) in [4.78, 5) is 0. The van der Waals surface area contributed by atoms with Crippen LogP contribution >= 0.6 is 0 Å². The van der Waals surface area contributed by atoms with Gasteiger partial charge in [0.05, 0.1) is 0 Å². The van der Waals surface area contributed by atoms with E-state index in [9.17, 15) is 0 Å². The van der Waals surface area contributed by atoms with Gasteiger partial charge in [-0.25, -0.2) is 0 Å². The Bertz CT molecular complexity index is 274. The van der Waals surface area contributed by atoms with Crippen LogP contribution in [0.3, 0.4) is 0 Å². The maximum Gasteiger partial charge on any atom is 0.0373 e. The lowest BCUT2D eigenvalue weighted by molar-refractivity contribution is 0.743. The largest absolute Gasteiger partial charge is 0.385 e. The predicted octanol–water partition coefficient (Wildman–Crippen LogP) is 2.41. The van der Waals surface area contributed by atoms with Crippen molar-refractivity contribution in [2.45, 2.75) is 12.8 Å². The Hall–Kier alpha value is -1.24. The quantitative estimate of drug-likeness (QED) is 0.663. The monoisotopic (exact) mass is 159 g/mol. The topological polar surface area (TPSA) is 12.0 Å². The van der Waals surface area contributed by atoms with Crippen LogP contribution in [0.15, 0.2) is 36.4 Å². The molecule has 1 aliphatic heterocycles. The average molecular weight is 159 g/mol. The normalized spacial score (nSPS) is 16.5. The molecule has 2 rings (SSSR count). The number of rotatable bonds is 1. The van der Waals surface area contributed by atoms with Crippen LogP contribution in [0.2, 0.25) is 0 Å². The van der Waals surface area contributed by atoms with Gasteiger partial charge < -0.3 is 5.32 Å². The van der Waals surface area contributed by atoms with E-state index in [-0.39, 0.29) is 0 Å². The molecular formula is C11H13N. The van der Waals surface area contributed by atoms with Crippen LogP contribution in [0, 0.1) is 0 Å². The van der Waals surface area contributed by atoms with E-state index < -0.39 is 0 Å². The number of benzene rings is 1. The molecule has 0 aliphatic carbocycles. The van der Waals surface area contributed by atoms with Crippen molar-refractivity contribution in [1.82, 2.24) is 5.32 Å². The second-order valence-electron chi connectivity index (χ2n) is 3.05. The summed E-state index contributed by atoms with van der Waals surface area (Å²) in [6, 6.07) is 10.5. The first-order valence-corrected chi connectivity index (χ1v) is 4.46. The zero-order valence-electron chi connectivity index (χ0n) is 7.09. The van der Waals surface area contributed by atoms with E-state index in [0.717, 1.165) is 6.54 Å². The van der Waals surface area contributed by atoms with E-state index in [1.54, 1.807) is 0 Å². The van der Waals surface area contributed by atoms with Gasteiger partial charge in [-0.05, 0) is 18.4 Å². The molecule has 0 saturated heterocycles. The summed E-state index contributed by atoms with van der Waals surface area (Å²) in [5, 5.41) is 3.40. The van der Waals surface area contributed by atoms with Crippen LogP contribution < -0.4 is 5.32 Å². The van der Waals surface area contributed by atoms with Crippen molar-refractivity contribution < 1.29 is 0 Å². The van der Waals surface area contributed by atoms with Crippen LogP contribution in [-0.4, -0.2) is 6.54 Å². The summed E-state index contributed by atoms with van der Waals surface area (Å²) in [7, 11) is 0. The van der Waals surface area contributed by atoms with Gasteiger partial charge in [0.25, 0.3) is 0 Å². The van der Waals surface area contributed by atoms with E-state index in [0.29, 0.717) is 0 Å². The molecule has 0 unspecified atom stereocenters. The summed E-state index contributed by atoms with van der Waals surface area (Å²) >= 11 is 0. The first kappa shape index (κ1) is 7.41. The van der Waals surface area contributed by atoms with E-state index in [1.807, 2.05) is 6.07 Å². The Balaban J connectivity index is 2.24. The van der Waals surface area contributed by atoms with Gasteiger partial charge in [-0.2, -0.15) is 0 Å². The van der Waals surface area contributed by atoms with E-state index in [1.165, 1.54) is 24.1 Å². The highest BCUT2D eigenvalue weighted by Crippen LogP contribution is 2.15. The third-order valence-corrected chi connectivity index (χ3v) is 2.13. The fraction of sp³-hybridized carbons (Fsp3) is 0.273. The smallest absolute Gasteiger partial charge is 0.0373 e. The minimum absolute atomic E-state index is 1.11. The molecule has 1 heterocycles. The fourth-order valence-electron chi connectivity index (χ4n) is 1.48. The minimum Gasteiger partial charge on any atom is -0.385 e. The summed E-state index contributed by atoms with van der Waals surface area (Å²) < 4.78 is 0. The maximum absolute atomic E-state index is 3.40. The molecule has 0 fully saturated rings. The van der Waals surface area contributed by atoms with Crippen molar-refractivity contribution in [3.05, 3.63) is 42.0 Å². The molecular weight excluding hydrogens is 146 g/mol. The van der Waals surface area contributed by atoms with Gasteiger partial charge in [0.1, 0.15) is 0 Å². The molecule has 1 aromatic rings. The Labute approximate surface area is 73.1 Å². The number of hydrogen-bond acceptors (Lipinski definition) is 1. The zero-order chi connectivity index (χ0) is 8.23. The Kier molecular flexibility index (Phi) is 2.12. The highest BCUT2D eigenvalue weighted by Gasteiger charge is 2.02. The highest BCUT2D eigenvalue weighted by molar-refractivity contribution is 5.64. The second-order valence-corrected chi connectivity index (χ2v) is 3.05. The van der Waals surface area contributed by atoms with E-state index in [4.69, 9.17) is 0 Å². The first-order valence-electron chi connectivity index (χ1n) is 4.46. The molecule has 62 valence electrons. The molecule has 0 bridgehead atoms. The molecule has 1 nitrogen and oxygen atoms in total. The van der Waals surface area contributed by atoms with Crippen molar-refractivity contribution in [2.75, 3.05) is 6.54 Å². The Morgan fingerprint density at radius 3 is 2.58 bits per heavy atom. The summed E-state index contributed by atoms with van der Waals surface area (Å²) in [6.45, 7) is 1.11. The molecule has 1 aromatic carbocycles. The van der Waals surface area contributed by atoms with Crippen molar-refractivity contribution in [3.8, 4) is 0 Å². The molecule has 0 aromatic heterocycles. The number of allylic oxidation sites excluding steroid dienone is 1. The van der Waals surface area contributed by atoms with Crippen LogP contribution in [0.5, 0.6) is 0 Å². The summed E-state index contributed by atoms with van der Waals surface area (Å²) in [6.07, 6.45) is 4.74. The third kappa shape index (κ3) is 1.50. The van der Waals surface area contributed by atoms with E-state index >= 15 is 0 Å². The van der Waals surface area contributed by atoms with Gasteiger partial charge in [0.15, 0.2) is 0 Å². The molecule has 0 amide bonds. The van der Waals surface area contributed by atoms with Crippen LogP contribution in [0.25, 0.3) is 5.70 Å². The predicted molar refractivity (Wildman–Crippen MR) is 51.7 cm³/mol. The van der Waals surface area contributed by atoms with Gasteiger partial charge in [-0.1, -0.05) is 36.4 Å². The lowest BCUT2D eigenvalue weighted by atomic mass is 10.1. The first-order chi connectivity index (χ1) is 5.97. The van der Waals surface area contributed by atoms with Gasteiger partial charge in [0.2, 0.25) is 0 Å². The highest BCUT2D eigenvalue weighted by atomic mass is 14.9. The average Bonchev–Trinajstić information content (AvgIpc) is 2.21. The van der Waals surface area contributed by atoms with Crippen molar-refractivity contribution in [2.24, 2.45) is 0 Å². The molecule has 1 N–H and O–H groups in total. The Morgan fingerprint density at radius 1 is 1.08 bits per heavy atom. The molecule has 0 atom stereocenters. The minimum atomic E-state index is 1.11. The lowest BCUT2D eigenvalue weighted by Crippen LogP contribution is -2.17. The molecule has 0 spiro atoms. The Morgan fingerprint density at radius 2 is 1.92 bits per heavy atom. The molecule has 1 aliphatic rings. The van der Waals surface area contributed by atoms with Gasteiger partial charge in [-0.3, -0.25) is 0 Å². The molecule has 12 heavy (non-hydrogen) atoms.